The van der Waals surface area contributed by atoms with E-state index in [4.69, 9.17) is 0 Å². The van der Waals surface area contributed by atoms with E-state index in [1.54, 1.807) is 0 Å². The first-order chi connectivity index (χ1) is 7.63. The smallest absolute Gasteiger partial charge is 0.00696 e. The largest absolute Gasteiger partial charge is 0.312 e. The predicted molar refractivity (Wildman–Crippen MR) is 72.7 cm³/mol. The molecule has 0 aromatic carbocycles. The average molecular weight is 225 g/mol. The highest BCUT2D eigenvalue weighted by atomic mass is 14.9. The Hall–Kier alpha value is -0.0400. The summed E-state index contributed by atoms with van der Waals surface area (Å²) in [5, 5.41) is 3.82. The average Bonchev–Trinajstić information content (AvgIpc) is 2.43. The van der Waals surface area contributed by atoms with Crippen LogP contribution in [0.15, 0.2) is 0 Å². The number of hydrogen-bond acceptors (Lipinski definition) is 1. The van der Waals surface area contributed by atoms with Crippen LogP contribution in [0.25, 0.3) is 0 Å². The molecule has 0 spiro atoms. The van der Waals surface area contributed by atoms with Crippen LogP contribution in [0.2, 0.25) is 0 Å². The number of rotatable bonds is 5. The van der Waals surface area contributed by atoms with Gasteiger partial charge in [0.05, 0.1) is 0 Å². The summed E-state index contributed by atoms with van der Waals surface area (Å²) in [5.41, 5.74) is 0. The fraction of sp³-hybridized carbons (Fsp3) is 1.00. The molecule has 96 valence electrons. The molecule has 3 atom stereocenters. The fourth-order valence-electron chi connectivity index (χ4n) is 3.08. The van der Waals surface area contributed by atoms with E-state index in [1.807, 2.05) is 0 Å². The molecule has 1 N–H and O–H groups in total. The molecule has 0 aromatic heterocycles. The molecule has 0 aliphatic heterocycles. The van der Waals surface area contributed by atoms with Crippen molar-refractivity contribution >= 4 is 0 Å². The lowest BCUT2D eigenvalue weighted by Gasteiger charge is -2.22. The molecule has 0 heterocycles. The van der Waals surface area contributed by atoms with Gasteiger partial charge in [-0.25, -0.2) is 0 Å². The van der Waals surface area contributed by atoms with Crippen LogP contribution in [0.5, 0.6) is 0 Å². The maximum Gasteiger partial charge on any atom is 0.00696 e. The van der Waals surface area contributed by atoms with Crippen molar-refractivity contribution in [2.24, 2.45) is 11.8 Å². The van der Waals surface area contributed by atoms with E-state index >= 15 is 0 Å². The van der Waals surface area contributed by atoms with Gasteiger partial charge in [0, 0.05) is 12.1 Å². The first-order valence-corrected chi connectivity index (χ1v) is 7.39. The lowest BCUT2D eigenvalue weighted by Crippen LogP contribution is -2.36. The van der Waals surface area contributed by atoms with Crippen LogP contribution in [0, 0.1) is 11.8 Å². The van der Waals surface area contributed by atoms with Gasteiger partial charge in [-0.3, -0.25) is 0 Å². The third kappa shape index (κ3) is 4.86. The molecule has 1 aliphatic rings. The van der Waals surface area contributed by atoms with Crippen LogP contribution >= 0.6 is 0 Å². The van der Waals surface area contributed by atoms with E-state index in [2.05, 4.69) is 33.0 Å². The molecule has 1 fully saturated rings. The zero-order valence-electron chi connectivity index (χ0n) is 11.8. The van der Waals surface area contributed by atoms with E-state index in [0.717, 1.165) is 17.9 Å². The summed E-state index contributed by atoms with van der Waals surface area (Å²) in [6, 6.07) is 1.51. The van der Waals surface area contributed by atoms with Gasteiger partial charge >= 0.3 is 0 Å². The summed E-state index contributed by atoms with van der Waals surface area (Å²) in [6.07, 6.45) is 9.75. The van der Waals surface area contributed by atoms with Gasteiger partial charge < -0.3 is 5.32 Å². The van der Waals surface area contributed by atoms with Crippen LogP contribution in [-0.4, -0.2) is 12.1 Å². The molecule has 1 saturated carbocycles. The standard InChI is InChI=1S/C15H31N/c1-5-7-13(4)16-15-9-6-8-14(10-11-15)12(2)3/h12-16H,5-11H2,1-4H3. The lowest BCUT2D eigenvalue weighted by molar-refractivity contribution is 0.333. The Bertz CT molecular complexity index is 176. The molecule has 1 aliphatic carbocycles. The second kappa shape index (κ2) is 7.32. The molecule has 0 aromatic rings. The molecular formula is C15H31N. The second-order valence-electron chi connectivity index (χ2n) is 6.07. The Kier molecular flexibility index (Phi) is 6.41. The van der Waals surface area contributed by atoms with Crippen molar-refractivity contribution in [1.82, 2.24) is 5.32 Å². The molecule has 1 nitrogen and oxygen atoms in total. The third-order valence-electron chi connectivity index (χ3n) is 4.20. The Balaban J connectivity index is 2.29. The van der Waals surface area contributed by atoms with E-state index in [1.165, 1.54) is 44.9 Å². The van der Waals surface area contributed by atoms with Crippen LogP contribution < -0.4 is 5.32 Å². The normalized spacial score (nSPS) is 29.1. The minimum absolute atomic E-state index is 0.714. The van der Waals surface area contributed by atoms with Gasteiger partial charge in [0.2, 0.25) is 0 Å². The van der Waals surface area contributed by atoms with Crippen molar-refractivity contribution in [2.45, 2.75) is 84.7 Å². The Morgan fingerprint density at radius 1 is 1.06 bits per heavy atom. The van der Waals surface area contributed by atoms with E-state index in [9.17, 15) is 0 Å². The van der Waals surface area contributed by atoms with Crippen LogP contribution in [-0.2, 0) is 0 Å². The minimum atomic E-state index is 0.714. The van der Waals surface area contributed by atoms with Gasteiger partial charge in [-0.2, -0.15) is 0 Å². The molecule has 0 bridgehead atoms. The molecule has 1 rings (SSSR count). The van der Waals surface area contributed by atoms with E-state index in [0.29, 0.717) is 6.04 Å². The fourth-order valence-corrected chi connectivity index (χ4v) is 3.08. The molecule has 16 heavy (non-hydrogen) atoms. The van der Waals surface area contributed by atoms with Crippen molar-refractivity contribution in [3.8, 4) is 0 Å². The zero-order chi connectivity index (χ0) is 12.0. The molecule has 0 amide bonds. The SMILES string of the molecule is CCCC(C)NC1CCCC(C(C)C)CC1. The Labute approximate surface area is 102 Å². The van der Waals surface area contributed by atoms with Gasteiger partial charge in [-0.1, -0.05) is 40.0 Å². The maximum atomic E-state index is 3.82. The first kappa shape index (κ1) is 14.0. The summed E-state index contributed by atoms with van der Waals surface area (Å²) in [4.78, 5) is 0. The van der Waals surface area contributed by atoms with Gasteiger partial charge in [-0.15, -0.1) is 0 Å². The van der Waals surface area contributed by atoms with Crippen molar-refractivity contribution in [1.29, 1.82) is 0 Å². The Morgan fingerprint density at radius 2 is 1.81 bits per heavy atom. The van der Waals surface area contributed by atoms with Gasteiger partial charge in [-0.05, 0) is 44.4 Å². The topological polar surface area (TPSA) is 12.0 Å². The number of nitrogens with one attached hydrogen (secondary N) is 1. The summed E-state index contributed by atoms with van der Waals surface area (Å²) >= 11 is 0. The second-order valence-corrected chi connectivity index (χ2v) is 6.07. The summed E-state index contributed by atoms with van der Waals surface area (Å²) in [6.45, 7) is 9.39. The van der Waals surface area contributed by atoms with Gasteiger partial charge in [0.25, 0.3) is 0 Å². The lowest BCUT2D eigenvalue weighted by atomic mass is 9.89. The molecular weight excluding hydrogens is 194 g/mol. The number of hydrogen-bond donors (Lipinski definition) is 1. The monoisotopic (exact) mass is 225 g/mol. The zero-order valence-corrected chi connectivity index (χ0v) is 11.8. The third-order valence-corrected chi connectivity index (χ3v) is 4.20. The van der Waals surface area contributed by atoms with Crippen molar-refractivity contribution in [2.75, 3.05) is 0 Å². The highest BCUT2D eigenvalue weighted by molar-refractivity contribution is 4.78. The van der Waals surface area contributed by atoms with Crippen molar-refractivity contribution in [3.05, 3.63) is 0 Å². The molecule has 0 radical (unpaired) electrons. The molecule has 3 unspecified atom stereocenters. The van der Waals surface area contributed by atoms with Gasteiger partial charge in [0.15, 0.2) is 0 Å². The maximum absolute atomic E-state index is 3.82. The first-order valence-electron chi connectivity index (χ1n) is 7.39. The molecule has 1 heteroatoms. The van der Waals surface area contributed by atoms with Gasteiger partial charge in [0.1, 0.15) is 0 Å². The summed E-state index contributed by atoms with van der Waals surface area (Å²) in [7, 11) is 0. The molecule has 0 saturated heterocycles. The van der Waals surface area contributed by atoms with Crippen LogP contribution in [0.3, 0.4) is 0 Å². The van der Waals surface area contributed by atoms with Crippen LogP contribution in [0.1, 0.15) is 72.6 Å². The van der Waals surface area contributed by atoms with Crippen molar-refractivity contribution in [3.63, 3.8) is 0 Å². The Morgan fingerprint density at radius 3 is 2.44 bits per heavy atom. The van der Waals surface area contributed by atoms with Crippen molar-refractivity contribution < 1.29 is 0 Å². The minimum Gasteiger partial charge on any atom is -0.312 e. The predicted octanol–water partition coefficient (Wildman–Crippen LogP) is 4.37. The van der Waals surface area contributed by atoms with E-state index in [-0.39, 0.29) is 0 Å². The summed E-state index contributed by atoms with van der Waals surface area (Å²) < 4.78 is 0. The highest BCUT2D eigenvalue weighted by Crippen LogP contribution is 2.29. The summed E-state index contributed by atoms with van der Waals surface area (Å²) in [5.74, 6) is 1.86. The van der Waals surface area contributed by atoms with Crippen LogP contribution in [0.4, 0.5) is 0 Å². The van der Waals surface area contributed by atoms with E-state index < -0.39 is 0 Å². The highest BCUT2D eigenvalue weighted by Gasteiger charge is 2.21. The quantitative estimate of drug-likeness (QED) is 0.685.